The second-order valence-electron chi connectivity index (χ2n) is 18.3. The predicted molar refractivity (Wildman–Crippen MR) is 271 cm³/mol. The molecule has 10 atom stereocenters. The zero-order valence-electron chi connectivity index (χ0n) is 41.0. The third kappa shape index (κ3) is 13.2. The summed E-state index contributed by atoms with van der Waals surface area (Å²) >= 11 is 3.26. The number of aliphatic hydroxyl groups excluding tert-OH is 3. The Bertz CT molecular complexity index is 2770. The Balaban J connectivity index is 0.000000225. The number of aliphatic hydroxyl groups is 3. The summed E-state index contributed by atoms with van der Waals surface area (Å²) in [5.74, 6) is -2.85. The predicted octanol–water partition coefficient (Wildman–Crippen LogP) is 10.2. The van der Waals surface area contributed by atoms with Crippen LogP contribution in [0.2, 0.25) is 0 Å². The summed E-state index contributed by atoms with van der Waals surface area (Å²) in [7, 11) is 1.00. The molecule has 3 N–H and O–H groups in total. The molecule has 3 fully saturated rings. The number of hydrogen-bond donors (Lipinski definition) is 3. The van der Waals surface area contributed by atoms with Gasteiger partial charge in [0.05, 0.1) is 6.10 Å². The number of hydrogen-bond acceptors (Lipinski definition) is 15. The summed E-state index contributed by atoms with van der Waals surface area (Å²) in [6.45, 7) is 14.2. The first-order valence-corrected chi connectivity index (χ1v) is 24.9. The van der Waals surface area contributed by atoms with Gasteiger partial charge in [-0.25, -0.2) is 9.97 Å². The van der Waals surface area contributed by atoms with E-state index in [1.54, 1.807) is 48.7 Å². The Hall–Kier alpha value is -5.34. The van der Waals surface area contributed by atoms with Crippen LogP contribution in [-0.4, -0.2) is 93.0 Å². The molecule has 72 heavy (non-hydrogen) atoms. The van der Waals surface area contributed by atoms with E-state index in [-0.39, 0.29) is 19.4 Å². The van der Waals surface area contributed by atoms with E-state index in [0.717, 1.165) is 65.6 Å². The minimum atomic E-state index is -1.02. The molecule has 13 nitrogen and oxygen atoms in total. The molecule has 4 aromatic heterocycles. The molecule has 7 heterocycles. The van der Waals surface area contributed by atoms with Gasteiger partial charge >= 0.3 is 11.9 Å². The Morgan fingerprint density at radius 2 is 1.26 bits per heavy atom. The lowest BCUT2D eigenvalue weighted by atomic mass is 9.85. The molecule has 0 radical (unpaired) electrons. The summed E-state index contributed by atoms with van der Waals surface area (Å²) in [6, 6.07) is 26.1. The number of aryl methyl sites for hydroxylation is 2. The van der Waals surface area contributed by atoms with Crippen molar-refractivity contribution in [2.45, 2.75) is 137 Å². The number of benzene rings is 2. The van der Waals surface area contributed by atoms with Crippen LogP contribution in [0.5, 0.6) is 0 Å². The third-order valence-corrected chi connectivity index (χ3v) is 15.0. The van der Waals surface area contributed by atoms with Crippen molar-refractivity contribution in [3.8, 4) is 20.9 Å². The first kappa shape index (κ1) is 56.0. The average Bonchev–Trinajstić information content (AvgIpc) is 4.13. The molecule has 17 heteroatoms. The number of rotatable bonds is 11. The maximum absolute atomic E-state index is 13.2. The monoisotopic (exact) mass is 1030 g/mol. The normalized spacial score (nSPS) is 24.3. The number of halogens is 2. The van der Waals surface area contributed by atoms with Crippen LogP contribution < -0.4 is 0 Å². The highest BCUT2D eigenvalue weighted by Crippen LogP contribution is 2.42. The second kappa shape index (κ2) is 24.1. The summed E-state index contributed by atoms with van der Waals surface area (Å²) in [5.41, 5.74) is 7.67. The molecular formula is C55H64F2N2O11S2. The van der Waals surface area contributed by atoms with Crippen molar-refractivity contribution in [3.05, 3.63) is 152 Å². The number of aromatic nitrogens is 2. The number of carbonyl (C=O) groups excluding carboxylic acids is 2. The minimum Gasteiger partial charge on any atom is -0.458 e. The molecule has 0 saturated carbocycles. The fraction of sp³-hybridized carbons (Fsp3) is 0.418. The summed E-state index contributed by atoms with van der Waals surface area (Å²) < 4.78 is 61.2. The van der Waals surface area contributed by atoms with Crippen LogP contribution in [0, 0.1) is 31.7 Å². The highest BCUT2D eigenvalue weighted by Gasteiger charge is 2.56. The fourth-order valence-corrected chi connectivity index (χ4v) is 10.9. The summed E-state index contributed by atoms with van der Waals surface area (Å²) in [4.78, 5) is 35.6. The van der Waals surface area contributed by atoms with Gasteiger partial charge in [0.2, 0.25) is 11.9 Å². The van der Waals surface area contributed by atoms with Gasteiger partial charge in [0, 0.05) is 82.7 Å². The highest BCUT2D eigenvalue weighted by atomic mass is 32.1. The van der Waals surface area contributed by atoms with Crippen molar-refractivity contribution < 1.29 is 62.1 Å². The van der Waals surface area contributed by atoms with E-state index in [0.29, 0.717) is 18.4 Å². The third-order valence-electron chi connectivity index (χ3n) is 12.7. The van der Waals surface area contributed by atoms with Crippen molar-refractivity contribution in [3.63, 3.8) is 0 Å². The van der Waals surface area contributed by atoms with E-state index in [4.69, 9.17) is 33.5 Å². The number of pyridine rings is 2. The van der Waals surface area contributed by atoms with Gasteiger partial charge in [-0.3, -0.25) is 9.59 Å². The van der Waals surface area contributed by atoms with Crippen LogP contribution in [0.15, 0.2) is 97.3 Å². The molecule has 0 bridgehead atoms. The molecule has 0 amide bonds. The van der Waals surface area contributed by atoms with Crippen LogP contribution >= 0.6 is 22.7 Å². The van der Waals surface area contributed by atoms with E-state index >= 15 is 0 Å². The molecule has 0 spiro atoms. The average molecular weight is 1030 g/mol. The highest BCUT2D eigenvalue weighted by molar-refractivity contribution is 7.15. The standard InChI is InChI=1S/C28H30FNO5S.C25H26FNO5S.CH4O.CH4/c1-15-6-7-20(27-28(35-19(5)32)26(34-18(4)31)16(2)17(3)33-27)12-22(15)13-23-9-10-24(36-23)21-8-11-25(29)30-14-21;1-13-4-5-14(20(28)22-21(29)23-24(30-22)32-25(2,3)31-23)10-16(13)11-17-7-8-18(33-17)15-6-9-19(26)27-12-15;1-2;/h6-12,14,16-17,26-28H,13H2,1-5H3;4-10,12,20-24,28-29H,11H2,1-3H3;2H,1H3;1H4/t16-,17-,26+,27?,28-;20?,21-,22+,23+,24+;;/m11../s1. The Morgan fingerprint density at radius 3 is 1.78 bits per heavy atom. The number of ether oxygens (including phenoxy) is 6. The quantitative estimate of drug-likeness (QED) is 0.0827. The zero-order valence-corrected chi connectivity index (χ0v) is 42.6. The molecule has 2 unspecified atom stereocenters. The SMILES string of the molecule is C.CC(=O)O[C@H]1[C@H](C)[C@@H](C)OC(c2ccc(C)c(Cc3ccc(-c4ccc(F)nc4)s3)c2)[C@@H]1OC(C)=O.CO.Cc1ccc(C(O)[C@@H]2O[C@H]3OC(C)(C)O[C@H]3[C@@H]2O)cc1Cc1ccc(-c2ccc(F)nc2)s1. The maximum Gasteiger partial charge on any atom is 0.303 e. The second-order valence-corrected chi connectivity index (χ2v) is 20.6. The Morgan fingerprint density at radius 1 is 0.736 bits per heavy atom. The smallest absolute Gasteiger partial charge is 0.303 e. The molecule has 2 aromatic carbocycles. The summed E-state index contributed by atoms with van der Waals surface area (Å²) in [5, 5.41) is 28.7. The van der Waals surface area contributed by atoms with Gasteiger partial charge in [0.1, 0.15) is 36.6 Å². The number of esters is 2. The van der Waals surface area contributed by atoms with Crippen LogP contribution in [-0.2, 0) is 50.9 Å². The topological polar surface area (TPSA) is 176 Å². The first-order chi connectivity index (χ1) is 33.8. The van der Waals surface area contributed by atoms with Gasteiger partial charge in [-0.1, -0.05) is 50.7 Å². The lowest BCUT2D eigenvalue weighted by Gasteiger charge is -2.43. The molecule has 6 aromatic rings. The largest absolute Gasteiger partial charge is 0.458 e. The van der Waals surface area contributed by atoms with Gasteiger partial charge < -0.3 is 43.7 Å². The number of thiophene rings is 2. The Labute approximate surface area is 427 Å². The van der Waals surface area contributed by atoms with Crippen molar-refractivity contribution >= 4 is 34.6 Å². The van der Waals surface area contributed by atoms with Gasteiger partial charge in [0.15, 0.2) is 18.2 Å². The van der Waals surface area contributed by atoms with E-state index in [9.17, 15) is 28.6 Å². The van der Waals surface area contributed by atoms with E-state index in [1.165, 1.54) is 38.4 Å². The van der Waals surface area contributed by atoms with Gasteiger partial charge in [0.25, 0.3) is 0 Å². The van der Waals surface area contributed by atoms with Crippen LogP contribution in [0.3, 0.4) is 0 Å². The zero-order chi connectivity index (χ0) is 51.3. The lowest BCUT2D eigenvalue weighted by Crippen LogP contribution is -2.52. The van der Waals surface area contributed by atoms with E-state index in [2.05, 4.69) is 29.0 Å². The lowest BCUT2D eigenvalue weighted by molar-refractivity contribution is -0.226. The van der Waals surface area contributed by atoms with Gasteiger partial charge in [-0.15, -0.1) is 22.7 Å². The van der Waals surface area contributed by atoms with Gasteiger partial charge in [-0.2, -0.15) is 8.78 Å². The molecule has 9 rings (SSSR count). The molecular weight excluding hydrogens is 967 g/mol. The number of fused-ring (bicyclic) bond motifs is 1. The maximum atomic E-state index is 13.2. The van der Waals surface area contributed by atoms with Gasteiger partial charge in [-0.05, 0) is 117 Å². The molecule has 0 aliphatic carbocycles. The van der Waals surface area contributed by atoms with Crippen LogP contribution in [0.4, 0.5) is 8.78 Å². The summed E-state index contributed by atoms with van der Waals surface area (Å²) in [6.07, 6.45) is -1.90. The minimum absolute atomic E-state index is 0. The van der Waals surface area contributed by atoms with Crippen LogP contribution in [0.1, 0.15) is 104 Å². The first-order valence-electron chi connectivity index (χ1n) is 23.2. The molecule has 3 saturated heterocycles. The molecule has 3 aliphatic rings. The van der Waals surface area contributed by atoms with Crippen LogP contribution in [0.25, 0.3) is 20.9 Å². The fourth-order valence-electron chi connectivity index (χ4n) is 8.89. The molecule has 3 aliphatic heterocycles. The number of nitrogens with zero attached hydrogens (tertiary/aromatic N) is 2. The van der Waals surface area contributed by atoms with Crippen molar-refractivity contribution in [1.82, 2.24) is 9.97 Å². The Kier molecular flexibility index (Phi) is 18.8. The van der Waals surface area contributed by atoms with Crippen molar-refractivity contribution in [1.29, 1.82) is 0 Å². The van der Waals surface area contributed by atoms with Crippen molar-refractivity contribution in [2.24, 2.45) is 5.92 Å². The number of carbonyl (C=O) groups is 2. The van der Waals surface area contributed by atoms with Crippen molar-refractivity contribution in [2.75, 3.05) is 7.11 Å². The molecule has 386 valence electrons. The van der Waals surface area contributed by atoms with E-state index < -0.39 is 78.6 Å². The van der Waals surface area contributed by atoms with E-state index in [1.807, 2.05) is 69.3 Å².